The molecule has 0 bridgehead atoms. The van der Waals surface area contributed by atoms with E-state index in [0.29, 0.717) is 0 Å². The number of hydrogen-bond donors (Lipinski definition) is 0. The first-order chi connectivity index (χ1) is 10.2. The van der Waals surface area contributed by atoms with Gasteiger partial charge >= 0.3 is 0 Å². The monoisotopic (exact) mass is 352 g/mol. The molecule has 0 unspecified atom stereocenters. The fourth-order valence-electron chi connectivity index (χ4n) is 1.85. The first kappa shape index (κ1) is 20.7. The summed E-state index contributed by atoms with van der Waals surface area (Å²) in [5.41, 5.74) is 0. The first-order valence-electron chi connectivity index (χ1n) is 8.33. The van der Waals surface area contributed by atoms with Gasteiger partial charge < -0.3 is 18.1 Å². The van der Waals surface area contributed by atoms with E-state index in [1.165, 1.54) is 0 Å². The van der Waals surface area contributed by atoms with Gasteiger partial charge in [0.1, 0.15) is 0 Å². The van der Waals surface area contributed by atoms with E-state index in [-0.39, 0.29) is 10.3 Å². The van der Waals surface area contributed by atoms with Crippen LogP contribution in [-0.2, 0) is 18.1 Å². The first-order valence-corrected chi connectivity index (χ1v) is 10.7. The van der Waals surface area contributed by atoms with Crippen molar-refractivity contribution < 1.29 is 18.1 Å². The second-order valence-electron chi connectivity index (χ2n) is 7.60. The van der Waals surface area contributed by atoms with Gasteiger partial charge in [0, 0.05) is 10.3 Å². The lowest BCUT2D eigenvalue weighted by Crippen LogP contribution is -2.17. The van der Waals surface area contributed by atoms with Crippen molar-refractivity contribution in [2.45, 2.75) is 77.5 Å². The van der Waals surface area contributed by atoms with Crippen molar-refractivity contribution in [3.8, 4) is 0 Å². The van der Waals surface area contributed by atoms with Crippen LogP contribution >= 0.6 is 16.8 Å². The van der Waals surface area contributed by atoms with Crippen LogP contribution in [0.3, 0.4) is 0 Å². The summed E-state index contributed by atoms with van der Waals surface area (Å²) in [7, 11) is -1.65. The molecular weight excluding hydrogens is 318 g/mol. The molecule has 0 aromatic carbocycles. The average Bonchev–Trinajstić information content (AvgIpc) is 2.38. The lowest BCUT2D eigenvalue weighted by molar-refractivity contribution is 0.192. The Balaban J connectivity index is 2.49. The van der Waals surface area contributed by atoms with Crippen LogP contribution < -0.4 is 0 Å². The molecule has 0 amide bonds. The molecular formula is C16H34O4P2. The van der Waals surface area contributed by atoms with Gasteiger partial charge in [-0.1, -0.05) is 41.5 Å². The molecule has 0 atom stereocenters. The van der Waals surface area contributed by atoms with E-state index in [4.69, 9.17) is 18.1 Å². The van der Waals surface area contributed by atoms with Gasteiger partial charge in [0.15, 0.2) is 16.8 Å². The van der Waals surface area contributed by atoms with Gasteiger partial charge in [0.25, 0.3) is 0 Å². The van der Waals surface area contributed by atoms with E-state index in [0.717, 1.165) is 52.1 Å². The normalized spacial score (nSPS) is 28.1. The maximum atomic E-state index is 6.01. The fraction of sp³-hybridized carbons (Fsp3) is 1.00. The maximum Gasteiger partial charge on any atom is 0.176 e. The largest absolute Gasteiger partial charge is 0.334 e. The van der Waals surface area contributed by atoms with E-state index < -0.39 is 16.8 Å². The van der Waals surface area contributed by atoms with Gasteiger partial charge in [0.05, 0.1) is 26.4 Å². The van der Waals surface area contributed by atoms with Gasteiger partial charge in [-0.15, -0.1) is 0 Å². The van der Waals surface area contributed by atoms with Crippen molar-refractivity contribution in [1.82, 2.24) is 0 Å². The van der Waals surface area contributed by atoms with Crippen LogP contribution in [-0.4, -0.2) is 36.7 Å². The third-order valence-corrected chi connectivity index (χ3v) is 6.87. The predicted molar refractivity (Wildman–Crippen MR) is 95.6 cm³/mol. The Morgan fingerprint density at radius 2 is 0.727 bits per heavy atom. The summed E-state index contributed by atoms with van der Waals surface area (Å²) in [6.07, 6.45) is 4.02. The molecule has 22 heavy (non-hydrogen) atoms. The molecule has 0 aliphatic carbocycles. The van der Waals surface area contributed by atoms with Gasteiger partial charge in [-0.3, -0.25) is 0 Å². The molecule has 1 heterocycles. The molecule has 0 N–H and O–H groups in total. The Bertz CT molecular complexity index is 254. The second-order valence-corrected chi connectivity index (χ2v) is 12.3. The minimum Gasteiger partial charge on any atom is -0.334 e. The summed E-state index contributed by atoms with van der Waals surface area (Å²) in [5.74, 6) is 0. The lowest BCUT2D eigenvalue weighted by Gasteiger charge is -2.31. The van der Waals surface area contributed by atoms with Gasteiger partial charge in [-0.05, 0) is 25.7 Å². The third kappa shape index (κ3) is 8.52. The summed E-state index contributed by atoms with van der Waals surface area (Å²) in [6.45, 7) is 16.1. The zero-order valence-corrected chi connectivity index (χ0v) is 17.0. The molecule has 0 spiro atoms. The van der Waals surface area contributed by atoms with E-state index in [2.05, 4.69) is 41.5 Å². The van der Waals surface area contributed by atoms with Gasteiger partial charge in [-0.25, -0.2) is 0 Å². The highest BCUT2D eigenvalue weighted by Gasteiger charge is 2.29. The molecule has 1 saturated heterocycles. The molecule has 1 aliphatic rings. The summed E-state index contributed by atoms with van der Waals surface area (Å²) < 4.78 is 24.0. The highest BCUT2D eigenvalue weighted by molar-refractivity contribution is 7.49. The van der Waals surface area contributed by atoms with Crippen LogP contribution in [0.1, 0.15) is 67.2 Å². The van der Waals surface area contributed by atoms with Crippen LogP contribution in [0.15, 0.2) is 0 Å². The molecule has 1 fully saturated rings. The maximum absolute atomic E-state index is 6.01. The highest BCUT2D eigenvalue weighted by Crippen LogP contribution is 2.53. The second kappa shape index (κ2) is 9.87. The third-order valence-electron chi connectivity index (χ3n) is 3.01. The zero-order valence-electron chi connectivity index (χ0n) is 15.2. The van der Waals surface area contributed by atoms with E-state index in [1.54, 1.807) is 0 Å². The summed E-state index contributed by atoms with van der Waals surface area (Å²) in [5, 5.41) is 0.139. The quantitative estimate of drug-likeness (QED) is 0.513. The molecule has 0 aromatic heterocycles. The lowest BCUT2D eigenvalue weighted by atomic mass is 10.3. The van der Waals surface area contributed by atoms with Crippen LogP contribution in [0.4, 0.5) is 0 Å². The molecule has 0 aromatic rings. The topological polar surface area (TPSA) is 36.9 Å². The van der Waals surface area contributed by atoms with Crippen molar-refractivity contribution in [3.63, 3.8) is 0 Å². The molecule has 1 aliphatic heterocycles. The molecule has 4 nitrogen and oxygen atoms in total. The fourth-order valence-corrected chi connectivity index (χ4v) is 4.73. The van der Waals surface area contributed by atoms with E-state index >= 15 is 0 Å². The predicted octanol–water partition coefficient (Wildman–Crippen LogP) is 5.85. The summed E-state index contributed by atoms with van der Waals surface area (Å²) in [6, 6.07) is 0. The van der Waals surface area contributed by atoms with Crippen LogP contribution in [0, 0.1) is 0 Å². The minimum absolute atomic E-state index is 0.0694. The molecule has 0 saturated carbocycles. The van der Waals surface area contributed by atoms with Gasteiger partial charge in [-0.2, -0.15) is 0 Å². The van der Waals surface area contributed by atoms with Crippen molar-refractivity contribution in [2.24, 2.45) is 0 Å². The smallest absolute Gasteiger partial charge is 0.176 e. The van der Waals surface area contributed by atoms with Crippen molar-refractivity contribution in [2.75, 3.05) is 26.4 Å². The summed E-state index contributed by atoms with van der Waals surface area (Å²) >= 11 is 0. The Morgan fingerprint density at radius 1 is 0.500 bits per heavy atom. The summed E-state index contributed by atoms with van der Waals surface area (Å²) in [4.78, 5) is 0. The minimum atomic E-state index is -0.826. The van der Waals surface area contributed by atoms with Crippen LogP contribution in [0.5, 0.6) is 0 Å². The number of rotatable bonds is 0. The van der Waals surface area contributed by atoms with Crippen LogP contribution in [0.25, 0.3) is 0 Å². The Kier molecular flexibility index (Phi) is 9.30. The zero-order chi connectivity index (χ0) is 16.6. The highest BCUT2D eigenvalue weighted by atomic mass is 31.2. The molecule has 132 valence electrons. The van der Waals surface area contributed by atoms with E-state index in [9.17, 15) is 0 Å². The molecule has 1 rings (SSSR count). The Hall–Kier alpha value is 0.700. The van der Waals surface area contributed by atoms with Crippen molar-refractivity contribution in [3.05, 3.63) is 0 Å². The SMILES string of the molecule is CC(C)(C)P1OCCCCOP(C(C)(C)C)OCCCCO1. The van der Waals surface area contributed by atoms with Gasteiger partial charge in [0.2, 0.25) is 0 Å². The van der Waals surface area contributed by atoms with Crippen LogP contribution in [0.2, 0.25) is 0 Å². The van der Waals surface area contributed by atoms with Crippen molar-refractivity contribution in [1.29, 1.82) is 0 Å². The number of hydrogen-bond acceptors (Lipinski definition) is 4. The molecule has 0 radical (unpaired) electrons. The van der Waals surface area contributed by atoms with E-state index in [1.807, 2.05) is 0 Å². The average molecular weight is 352 g/mol. The van der Waals surface area contributed by atoms with Crippen molar-refractivity contribution >= 4 is 16.8 Å². The Morgan fingerprint density at radius 3 is 0.909 bits per heavy atom. The Labute approximate surface area is 139 Å². The molecule has 6 heteroatoms. The standard InChI is InChI=1S/C16H34O4P2/c1-15(2,3)21-17-11-7-9-13-19-22(16(4,5)6)20-14-10-8-12-18-21/h7-14H2,1-6H3.